The van der Waals surface area contributed by atoms with Crippen molar-refractivity contribution in [2.75, 3.05) is 0 Å². The van der Waals surface area contributed by atoms with Crippen LogP contribution in [0.25, 0.3) is 0 Å². The van der Waals surface area contributed by atoms with E-state index in [1.807, 2.05) is 0 Å². The Morgan fingerprint density at radius 1 is 1.69 bits per heavy atom. The predicted octanol–water partition coefficient (Wildman–Crippen LogP) is -4.03. The number of carbonyl (C=O) groups is 1. The number of carboxylic acid groups (broad SMARTS) is 1. The van der Waals surface area contributed by atoms with Gasteiger partial charge in [-0.1, -0.05) is 0 Å². The standard InChI is InChI=1S/C7H9N3O2.Li/c1-3-8-6(10-9-3)4-2-5(4)7(11)12;/h4-5H,2H2,1H3,(H,11,12)(H,8,9,10);/q;+1/p-1/t4-,5+;/m1./s1. The molecular weight excluding hydrogens is 165 g/mol. The smallest absolute Gasteiger partial charge is 0.550 e. The molecule has 1 aliphatic rings. The van der Waals surface area contributed by atoms with Crippen molar-refractivity contribution in [3.05, 3.63) is 11.6 Å². The van der Waals surface area contributed by atoms with Crippen LogP contribution in [-0.4, -0.2) is 21.2 Å². The second kappa shape index (κ2) is 3.52. The van der Waals surface area contributed by atoms with Gasteiger partial charge in [-0.2, -0.15) is 5.10 Å². The average Bonchev–Trinajstić information content (AvgIpc) is 2.70. The van der Waals surface area contributed by atoms with Crippen molar-refractivity contribution in [3.8, 4) is 0 Å². The molecule has 1 aromatic rings. The monoisotopic (exact) mass is 173 g/mol. The third-order valence-corrected chi connectivity index (χ3v) is 2.04. The third-order valence-electron chi connectivity index (χ3n) is 2.04. The number of carboxylic acids is 1. The predicted molar refractivity (Wildman–Crippen MR) is 37.0 cm³/mol. The van der Waals surface area contributed by atoms with Crippen LogP contribution in [0.4, 0.5) is 0 Å². The molecule has 0 amide bonds. The van der Waals surface area contributed by atoms with E-state index in [9.17, 15) is 9.90 Å². The van der Waals surface area contributed by atoms with E-state index in [1.165, 1.54) is 0 Å². The van der Waals surface area contributed by atoms with Crippen molar-refractivity contribution in [2.45, 2.75) is 19.3 Å². The molecule has 0 aromatic carbocycles. The van der Waals surface area contributed by atoms with E-state index in [0.29, 0.717) is 18.1 Å². The number of nitrogens with zero attached hydrogens (tertiary/aromatic N) is 2. The fourth-order valence-corrected chi connectivity index (χ4v) is 1.27. The van der Waals surface area contributed by atoms with Crippen LogP contribution in [0.3, 0.4) is 0 Å². The number of aromatic amines is 1. The molecule has 0 bridgehead atoms. The van der Waals surface area contributed by atoms with Gasteiger partial charge in [0.05, 0.1) is 0 Å². The molecule has 1 N–H and O–H groups in total. The topological polar surface area (TPSA) is 81.7 Å². The number of aryl methyl sites for hydroxylation is 1. The van der Waals surface area contributed by atoms with E-state index in [4.69, 9.17) is 0 Å². The normalized spacial score (nSPS) is 25.0. The zero-order valence-corrected chi connectivity index (χ0v) is 7.57. The Morgan fingerprint density at radius 2 is 2.38 bits per heavy atom. The van der Waals surface area contributed by atoms with Gasteiger partial charge in [-0.05, 0) is 13.3 Å². The Balaban J connectivity index is 0.000000845. The minimum atomic E-state index is -0.998. The van der Waals surface area contributed by atoms with E-state index in [1.54, 1.807) is 6.92 Å². The first-order valence-electron chi connectivity index (χ1n) is 3.78. The van der Waals surface area contributed by atoms with E-state index >= 15 is 0 Å². The SMILES string of the molecule is Cc1nc([C@@H]2C[C@@H]2C(=O)[O-])n[nH]1.[Li+]. The number of hydrogen-bond donors (Lipinski definition) is 1. The van der Waals surface area contributed by atoms with Gasteiger partial charge in [-0.15, -0.1) is 0 Å². The minimum absolute atomic E-state index is 0. The van der Waals surface area contributed by atoms with Crippen molar-refractivity contribution >= 4 is 5.97 Å². The van der Waals surface area contributed by atoms with Crippen LogP contribution in [0, 0.1) is 12.8 Å². The first-order chi connectivity index (χ1) is 5.68. The van der Waals surface area contributed by atoms with Gasteiger partial charge in [0.15, 0.2) is 5.82 Å². The summed E-state index contributed by atoms with van der Waals surface area (Å²) >= 11 is 0. The Morgan fingerprint density at radius 3 is 2.77 bits per heavy atom. The van der Waals surface area contributed by atoms with Crippen molar-refractivity contribution in [3.63, 3.8) is 0 Å². The Kier molecular flexibility index (Phi) is 2.79. The molecule has 1 aromatic heterocycles. The van der Waals surface area contributed by atoms with Crippen LogP contribution >= 0.6 is 0 Å². The van der Waals surface area contributed by atoms with Crippen molar-refractivity contribution in [1.29, 1.82) is 0 Å². The van der Waals surface area contributed by atoms with Crippen LogP contribution in [-0.2, 0) is 4.79 Å². The molecule has 1 aliphatic carbocycles. The molecular formula is C7H8LiN3O2. The van der Waals surface area contributed by atoms with Crippen LogP contribution < -0.4 is 24.0 Å². The molecule has 1 fully saturated rings. The number of nitrogens with one attached hydrogen (secondary N) is 1. The second-order valence-electron chi connectivity index (χ2n) is 3.05. The first kappa shape index (κ1) is 10.3. The van der Waals surface area contributed by atoms with Gasteiger partial charge in [0.1, 0.15) is 5.82 Å². The van der Waals surface area contributed by atoms with Crippen molar-refractivity contribution in [2.24, 2.45) is 5.92 Å². The molecule has 0 unspecified atom stereocenters. The summed E-state index contributed by atoms with van der Waals surface area (Å²) in [6, 6.07) is 0. The summed E-state index contributed by atoms with van der Waals surface area (Å²) in [5.41, 5.74) is 0. The third kappa shape index (κ3) is 1.93. The van der Waals surface area contributed by atoms with Crippen LogP contribution in [0.5, 0.6) is 0 Å². The number of aliphatic carboxylic acids is 1. The van der Waals surface area contributed by atoms with Crippen LogP contribution in [0.15, 0.2) is 0 Å². The van der Waals surface area contributed by atoms with Gasteiger partial charge in [0.25, 0.3) is 0 Å². The Bertz CT molecular complexity index is 325. The molecule has 5 nitrogen and oxygen atoms in total. The molecule has 0 spiro atoms. The molecule has 1 heterocycles. The van der Waals surface area contributed by atoms with E-state index in [-0.39, 0.29) is 30.7 Å². The number of rotatable bonds is 2. The van der Waals surface area contributed by atoms with Gasteiger partial charge in [0.2, 0.25) is 0 Å². The van der Waals surface area contributed by atoms with E-state index in [2.05, 4.69) is 15.2 Å². The first-order valence-corrected chi connectivity index (χ1v) is 3.78. The summed E-state index contributed by atoms with van der Waals surface area (Å²) < 4.78 is 0. The molecule has 2 atom stereocenters. The number of H-pyrrole nitrogens is 1. The maximum Gasteiger partial charge on any atom is 1.00 e. The maximum atomic E-state index is 10.4. The molecule has 6 heteroatoms. The molecule has 0 aliphatic heterocycles. The minimum Gasteiger partial charge on any atom is -0.550 e. The molecule has 1 saturated carbocycles. The fraction of sp³-hybridized carbons (Fsp3) is 0.571. The maximum absolute atomic E-state index is 10.4. The zero-order chi connectivity index (χ0) is 8.72. The quantitative estimate of drug-likeness (QED) is 0.462. The summed E-state index contributed by atoms with van der Waals surface area (Å²) in [5.74, 6) is -0.0849. The van der Waals surface area contributed by atoms with Crippen molar-refractivity contribution in [1.82, 2.24) is 15.2 Å². The Labute approximate surface area is 87.1 Å². The van der Waals surface area contributed by atoms with Crippen molar-refractivity contribution < 1.29 is 28.8 Å². The average molecular weight is 173 g/mol. The summed E-state index contributed by atoms with van der Waals surface area (Å²) in [4.78, 5) is 14.4. The van der Waals surface area contributed by atoms with E-state index in [0.717, 1.165) is 0 Å². The Hall–Kier alpha value is -0.793. The molecule has 2 rings (SSSR count). The summed E-state index contributed by atoms with van der Waals surface area (Å²) in [7, 11) is 0. The van der Waals surface area contributed by atoms with Gasteiger partial charge in [-0.3, -0.25) is 5.10 Å². The summed E-state index contributed by atoms with van der Waals surface area (Å²) in [6.45, 7) is 1.78. The molecule has 0 saturated heterocycles. The molecule has 64 valence electrons. The number of hydrogen-bond acceptors (Lipinski definition) is 4. The number of carbonyl (C=O) groups excluding carboxylic acids is 1. The van der Waals surface area contributed by atoms with Crippen LogP contribution in [0.1, 0.15) is 24.0 Å². The van der Waals surface area contributed by atoms with Gasteiger partial charge in [-0.25, -0.2) is 4.98 Å². The van der Waals surface area contributed by atoms with E-state index < -0.39 is 5.97 Å². The fourth-order valence-electron chi connectivity index (χ4n) is 1.27. The van der Waals surface area contributed by atoms with Gasteiger partial charge < -0.3 is 9.90 Å². The summed E-state index contributed by atoms with van der Waals surface area (Å²) in [5, 5.41) is 16.9. The largest absolute Gasteiger partial charge is 1.00 e. The van der Waals surface area contributed by atoms with Gasteiger partial charge in [0, 0.05) is 17.8 Å². The number of aromatic nitrogens is 3. The second-order valence-corrected chi connectivity index (χ2v) is 3.05. The van der Waals surface area contributed by atoms with Gasteiger partial charge >= 0.3 is 18.9 Å². The van der Waals surface area contributed by atoms with Crippen LogP contribution in [0.2, 0.25) is 0 Å². The molecule has 13 heavy (non-hydrogen) atoms. The summed E-state index contributed by atoms with van der Waals surface area (Å²) in [6.07, 6.45) is 0.611. The zero-order valence-electron chi connectivity index (χ0n) is 7.57. The molecule has 0 radical (unpaired) electrons.